The molecule has 0 aromatic carbocycles. The summed E-state index contributed by atoms with van der Waals surface area (Å²) in [5.74, 6) is 2.51. The van der Waals surface area contributed by atoms with Gasteiger partial charge in [0, 0.05) is 6.04 Å². The number of hydrogen-bond acceptors (Lipinski definition) is 4. The van der Waals surface area contributed by atoms with Gasteiger partial charge in [-0.05, 0) is 56.1 Å². The number of nitrogen functional groups attached to an aromatic ring is 1. The monoisotopic (exact) mass is 260 g/mol. The van der Waals surface area contributed by atoms with Crippen molar-refractivity contribution in [1.82, 2.24) is 15.5 Å². The molecule has 2 aliphatic rings. The van der Waals surface area contributed by atoms with Crippen LogP contribution in [-0.2, 0) is 0 Å². The van der Waals surface area contributed by atoms with Crippen molar-refractivity contribution in [2.75, 3.05) is 5.73 Å². The second kappa shape index (κ2) is 4.79. The molecule has 19 heavy (non-hydrogen) atoms. The zero-order valence-electron chi connectivity index (χ0n) is 11.2. The number of carbonyl (C=O) groups is 1. The maximum absolute atomic E-state index is 12.1. The predicted molar refractivity (Wildman–Crippen MR) is 72.3 cm³/mol. The van der Waals surface area contributed by atoms with Crippen molar-refractivity contribution < 1.29 is 4.79 Å². The van der Waals surface area contributed by atoms with Crippen LogP contribution in [-0.4, -0.2) is 22.1 Å². The topological polar surface area (TPSA) is 80.9 Å². The molecule has 5 nitrogen and oxygen atoms in total. The Morgan fingerprint density at radius 2 is 2.21 bits per heavy atom. The summed E-state index contributed by atoms with van der Waals surface area (Å²) in [5.41, 5.74) is 5.80. The van der Waals surface area contributed by atoms with Gasteiger partial charge in [0.25, 0.3) is 5.91 Å². The lowest BCUT2D eigenvalue weighted by Crippen LogP contribution is -2.40. The Balaban J connectivity index is 1.61. The highest BCUT2D eigenvalue weighted by Gasteiger charge is 2.42. The third-order valence-corrected chi connectivity index (χ3v) is 4.71. The molecule has 1 aromatic rings. The van der Waals surface area contributed by atoms with E-state index in [0.717, 1.165) is 11.8 Å². The molecule has 3 rings (SSSR count). The number of nitrogens with one attached hydrogen (secondary N) is 1. The standard InChI is InChI=1S/C14H20N4O/c1-8(11-7-9-2-3-10(11)6-9)16-14(19)12-4-5-13(15)18-17-12/h4-5,8-11H,2-3,6-7H2,1H3,(H2,15,18)(H,16,19). The molecule has 2 bridgehead atoms. The van der Waals surface area contributed by atoms with Gasteiger partial charge in [-0.25, -0.2) is 0 Å². The van der Waals surface area contributed by atoms with Gasteiger partial charge in [-0.15, -0.1) is 10.2 Å². The third-order valence-electron chi connectivity index (χ3n) is 4.71. The third kappa shape index (κ3) is 2.41. The zero-order valence-corrected chi connectivity index (χ0v) is 11.2. The van der Waals surface area contributed by atoms with Crippen molar-refractivity contribution in [3.63, 3.8) is 0 Å². The molecule has 0 saturated heterocycles. The average molecular weight is 260 g/mol. The summed E-state index contributed by atoms with van der Waals surface area (Å²) in [6, 6.07) is 3.43. The van der Waals surface area contributed by atoms with E-state index in [4.69, 9.17) is 5.73 Å². The van der Waals surface area contributed by atoms with Crippen LogP contribution in [0.5, 0.6) is 0 Å². The van der Waals surface area contributed by atoms with Gasteiger partial charge in [0.2, 0.25) is 0 Å². The van der Waals surface area contributed by atoms with Crippen LogP contribution in [0.1, 0.15) is 43.1 Å². The normalized spacial score (nSPS) is 30.3. The number of carbonyl (C=O) groups excluding carboxylic acids is 1. The van der Waals surface area contributed by atoms with Crippen molar-refractivity contribution in [3.8, 4) is 0 Å². The fraction of sp³-hybridized carbons (Fsp3) is 0.643. The fourth-order valence-corrected chi connectivity index (χ4v) is 3.76. The Morgan fingerprint density at radius 1 is 1.37 bits per heavy atom. The van der Waals surface area contributed by atoms with Crippen molar-refractivity contribution in [1.29, 1.82) is 0 Å². The maximum Gasteiger partial charge on any atom is 0.272 e. The first-order chi connectivity index (χ1) is 9.13. The fourth-order valence-electron chi connectivity index (χ4n) is 3.76. The van der Waals surface area contributed by atoms with E-state index in [0.29, 0.717) is 17.4 Å². The van der Waals surface area contributed by atoms with Gasteiger partial charge < -0.3 is 11.1 Å². The van der Waals surface area contributed by atoms with Crippen molar-refractivity contribution in [2.24, 2.45) is 17.8 Å². The quantitative estimate of drug-likeness (QED) is 0.865. The van der Waals surface area contributed by atoms with Crippen LogP contribution in [0.2, 0.25) is 0 Å². The molecule has 2 saturated carbocycles. The number of nitrogens with two attached hydrogens (primary N) is 1. The molecule has 0 spiro atoms. The summed E-state index contributed by atoms with van der Waals surface area (Å²) in [4.78, 5) is 12.1. The van der Waals surface area contributed by atoms with Crippen LogP contribution in [0.3, 0.4) is 0 Å². The van der Waals surface area contributed by atoms with Crippen LogP contribution < -0.4 is 11.1 Å². The van der Waals surface area contributed by atoms with Gasteiger partial charge in [-0.2, -0.15) is 0 Å². The smallest absolute Gasteiger partial charge is 0.272 e. The largest absolute Gasteiger partial charge is 0.382 e. The van der Waals surface area contributed by atoms with Gasteiger partial charge in [-0.3, -0.25) is 4.79 Å². The number of aromatic nitrogens is 2. The summed E-state index contributed by atoms with van der Waals surface area (Å²) in [6.45, 7) is 2.11. The first kappa shape index (κ1) is 12.4. The van der Waals surface area contributed by atoms with E-state index in [1.165, 1.54) is 25.7 Å². The Kier molecular flexibility index (Phi) is 3.12. The van der Waals surface area contributed by atoms with E-state index < -0.39 is 0 Å². The Labute approximate surface area is 113 Å². The molecular weight excluding hydrogens is 240 g/mol. The summed E-state index contributed by atoms with van der Waals surface area (Å²) >= 11 is 0. The van der Waals surface area contributed by atoms with Crippen LogP contribution in [0, 0.1) is 17.8 Å². The molecule has 5 heteroatoms. The molecule has 0 radical (unpaired) electrons. The predicted octanol–water partition coefficient (Wildman–Crippen LogP) is 1.61. The summed E-state index contributed by atoms with van der Waals surface area (Å²) in [7, 11) is 0. The number of hydrogen-bond donors (Lipinski definition) is 2. The number of anilines is 1. The molecule has 4 atom stereocenters. The van der Waals surface area contributed by atoms with Crippen LogP contribution in [0.25, 0.3) is 0 Å². The highest BCUT2D eigenvalue weighted by Crippen LogP contribution is 2.49. The molecule has 0 aliphatic heterocycles. The minimum atomic E-state index is -0.150. The summed E-state index contributed by atoms with van der Waals surface area (Å²) in [5, 5.41) is 10.6. The molecule has 4 unspecified atom stereocenters. The van der Waals surface area contributed by atoms with Gasteiger partial charge in [0.15, 0.2) is 5.69 Å². The van der Waals surface area contributed by atoms with E-state index in [-0.39, 0.29) is 11.9 Å². The molecule has 1 aromatic heterocycles. The molecule has 3 N–H and O–H groups in total. The van der Waals surface area contributed by atoms with E-state index >= 15 is 0 Å². The van der Waals surface area contributed by atoms with Crippen LogP contribution in [0.15, 0.2) is 12.1 Å². The van der Waals surface area contributed by atoms with E-state index in [1.54, 1.807) is 12.1 Å². The lowest BCUT2D eigenvalue weighted by Gasteiger charge is -2.28. The van der Waals surface area contributed by atoms with E-state index in [9.17, 15) is 4.79 Å². The van der Waals surface area contributed by atoms with Crippen molar-refractivity contribution in [3.05, 3.63) is 17.8 Å². The second-order valence-electron chi connectivity index (χ2n) is 5.94. The first-order valence-electron chi connectivity index (χ1n) is 7.03. The average Bonchev–Trinajstić information content (AvgIpc) is 3.01. The Bertz CT molecular complexity index is 473. The molecule has 102 valence electrons. The maximum atomic E-state index is 12.1. The van der Waals surface area contributed by atoms with E-state index in [1.807, 2.05) is 0 Å². The minimum absolute atomic E-state index is 0.150. The first-order valence-corrected chi connectivity index (χ1v) is 7.03. The molecule has 2 fully saturated rings. The van der Waals surface area contributed by atoms with Crippen molar-refractivity contribution in [2.45, 2.75) is 38.6 Å². The highest BCUT2D eigenvalue weighted by atomic mass is 16.2. The van der Waals surface area contributed by atoms with Gasteiger partial charge in [-0.1, -0.05) is 6.42 Å². The number of fused-ring (bicyclic) bond motifs is 2. The minimum Gasteiger partial charge on any atom is -0.382 e. The van der Waals surface area contributed by atoms with Crippen LogP contribution in [0.4, 0.5) is 5.82 Å². The Hall–Kier alpha value is -1.65. The molecule has 2 aliphatic carbocycles. The summed E-state index contributed by atoms with van der Waals surface area (Å²) < 4.78 is 0. The van der Waals surface area contributed by atoms with Gasteiger partial charge in [0.05, 0.1) is 0 Å². The SMILES string of the molecule is CC(NC(=O)c1ccc(N)nn1)C1CC2CCC1C2. The lowest BCUT2D eigenvalue weighted by molar-refractivity contribution is 0.0909. The number of nitrogens with zero attached hydrogens (tertiary/aromatic N) is 2. The molecule has 1 amide bonds. The van der Waals surface area contributed by atoms with Crippen LogP contribution >= 0.6 is 0 Å². The highest BCUT2D eigenvalue weighted by molar-refractivity contribution is 5.92. The second-order valence-corrected chi connectivity index (χ2v) is 5.94. The lowest BCUT2D eigenvalue weighted by atomic mass is 9.84. The number of rotatable bonds is 3. The van der Waals surface area contributed by atoms with Crippen molar-refractivity contribution >= 4 is 11.7 Å². The molecular formula is C14H20N4O. The van der Waals surface area contributed by atoms with Gasteiger partial charge >= 0.3 is 0 Å². The van der Waals surface area contributed by atoms with Gasteiger partial charge in [0.1, 0.15) is 5.82 Å². The number of amides is 1. The van der Waals surface area contributed by atoms with E-state index in [2.05, 4.69) is 22.4 Å². The molecule has 1 heterocycles. The summed E-state index contributed by atoms with van der Waals surface area (Å²) in [6.07, 6.45) is 5.33. The zero-order chi connectivity index (χ0) is 13.4. The Morgan fingerprint density at radius 3 is 2.79 bits per heavy atom.